The Morgan fingerprint density at radius 3 is 2.36 bits per heavy atom. The molecular weight excluding hydrogens is 670 g/mol. The monoisotopic (exact) mass is 710 g/mol. The average molecular weight is 711 g/mol. The summed E-state index contributed by atoms with van der Waals surface area (Å²) in [6, 6.07) is 22.1. The molecule has 50 heavy (non-hydrogen) atoms. The Bertz CT molecular complexity index is 1720. The molecule has 13 nitrogen and oxygen atoms in total. The van der Waals surface area contributed by atoms with Crippen LogP contribution in [0.3, 0.4) is 0 Å². The summed E-state index contributed by atoms with van der Waals surface area (Å²) in [4.78, 5) is 68.3. The van der Waals surface area contributed by atoms with Gasteiger partial charge in [0.1, 0.15) is 18.0 Å². The van der Waals surface area contributed by atoms with Crippen LogP contribution in [0.15, 0.2) is 91.5 Å². The molecule has 0 spiro atoms. The molecule has 0 saturated carbocycles. The van der Waals surface area contributed by atoms with Crippen LogP contribution in [0.2, 0.25) is 0 Å². The number of hydrazine groups is 1. The number of para-hydroxylation sites is 1. The van der Waals surface area contributed by atoms with E-state index in [0.29, 0.717) is 5.56 Å². The molecule has 3 aliphatic rings. The molecule has 3 atom stereocenters. The van der Waals surface area contributed by atoms with E-state index in [0.717, 1.165) is 42.7 Å². The van der Waals surface area contributed by atoms with Gasteiger partial charge >= 0.3 is 43.4 Å². The van der Waals surface area contributed by atoms with E-state index in [-0.39, 0.29) is 86.3 Å². The van der Waals surface area contributed by atoms with Gasteiger partial charge < -0.3 is 34.3 Å². The third-order valence-electron chi connectivity index (χ3n) is 9.04. The zero-order valence-corrected chi connectivity index (χ0v) is 31.0. The van der Waals surface area contributed by atoms with Crippen molar-refractivity contribution in [2.24, 2.45) is 0 Å². The Morgan fingerprint density at radius 2 is 1.68 bits per heavy atom. The molecule has 15 heteroatoms. The molecule has 0 radical (unpaired) electrons. The Morgan fingerprint density at radius 1 is 1.00 bits per heavy atom. The van der Waals surface area contributed by atoms with Gasteiger partial charge in [0.2, 0.25) is 11.8 Å². The van der Waals surface area contributed by atoms with Crippen LogP contribution in [-0.4, -0.2) is 87.5 Å². The van der Waals surface area contributed by atoms with Gasteiger partial charge in [0.25, 0.3) is 0 Å². The number of carbonyl (C=O) groups is 3. The molecule has 3 aliphatic heterocycles. The summed E-state index contributed by atoms with van der Waals surface area (Å²) in [6.07, 6.45) is 3.10. The van der Waals surface area contributed by atoms with Crippen LogP contribution in [0.25, 0.3) is 0 Å². The van der Waals surface area contributed by atoms with Crippen LogP contribution in [-0.2, 0) is 33.7 Å². The molecule has 3 heterocycles. The summed E-state index contributed by atoms with van der Waals surface area (Å²) in [5.41, 5.74) is 3.58. The van der Waals surface area contributed by atoms with Crippen molar-refractivity contribution in [2.45, 2.75) is 44.6 Å². The van der Waals surface area contributed by atoms with Gasteiger partial charge in [-0.15, -0.1) is 6.58 Å². The van der Waals surface area contributed by atoms with Crippen LogP contribution in [0.5, 0.6) is 5.75 Å². The number of benzene rings is 3. The van der Waals surface area contributed by atoms with Crippen molar-refractivity contribution in [2.75, 3.05) is 37.6 Å². The second-order valence-corrected chi connectivity index (χ2v) is 13.5. The number of phosphoric acid groups is 1. The zero-order chi connectivity index (χ0) is 34.5. The second-order valence-electron chi connectivity index (χ2n) is 12.4. The van der Waals surface area contributed by atoms with Crippen molar-refractivity contribution < 1.29 is 62.8 Å². The minimum atomic E-state index is -5.01. The van der Waals surface area contributed by atoms with E-state index in [2.05, 4.69) is 27.4 Å². The van der Waals surface area contributed by atoms with Crippen LogP contribution in [0.4, 0.5) is 10.5 Å². The van der Waals surface area contributed by atoms with Crippen molar-refractivity contribution in [3.63, 3.8) is 0 Å². The van der Waals surface area contributed by atoms with Crippen molar-refractivity contribution >= 4 is 31.4 Å². The first-order valence-corrected chi connectivity index (χ1v) is 17.8. The molecule has 1 unspecified atom stereocenters. The molecular formula is C35H40N6NaO7P. The van der Waals surface area contributed by atoms with Crippen LogP contribution >= 0.6 is 7.82 Å². The van der Waals surface area contributed by atoms with Crippen molar-refractivity contribution in [3.8, 4) is 5.75 Å². The van der Waals surface area contributed by atoms with Crippen LogP contribution < -0.4 is 49.2 Å². The number of phosphoric ester groups is 1. The number of hydrogen-bond donors (Lipinski definition) is 2. The Hall–Kier alpha value is -3.68. The third-order valence-corrected chi connectivity index (χ3v) is 9.48. The Balaban J connectivity index is 0.00000486. The molecule has 0 aliphatic carbocycles. The van der Waals surface area contributed by atoms with Crippen molar-refractivity contribution in [1.29, 1.82) is 0 Å². The maximum absolute atomic E-state index is 14.4. The number of carbonyl (C=O) groups excluding carboxylic acids is 3. The Kier molecular flexibility index (Phi) is 12.4. The number of hydrogen-bond acceptors (Lipinski definition) is 8. The van der Waals surface area contributed by atoms with Gasteiger partial charge in [-0.1, -0.05) is 66.7 Å². The number of nitrogens with one attached hydrogen (secondary N) is 1. The summed E-state index contributed by atoms with van der Waals surface area (Å²) in [6.45, 7) is 6.45. The quantitative estimate of drug-likeness (QED) is 0.158. The number of anilines is 1. The summed E-state index contributed by atoms with van der Waals surface area (Å²) in [5, 5.41) is 6.19. The summed E-state index contributed by atoms with van der Waals surface area (Å²) in [5.74, 6) is -0.655. The topological polar surface area (TPSA) is 149 Å². The number of piperazine rings is 1. The van der Waals surface area contributed by atoms with Gasteiger partial charge in [0, 0.05) is 44.8 Å². The number of nitrogens with zero attached hydrogens (tertiary/aromatic N) is 5. The number of rotatable bonds is 11. The molecule has 3 saturated heterocycles. The predicted molar refractivity (Wildman–Crippen MR) is 181 cm³/mol. The summed E-state index contributed by atoms with van der Waals surface area (Å²) in [7, 11) is -5.01. The zero-order valence-electron chi connectivity index (χ0n) is 28.1. The third kappa shape index (κ3) is 8.78. The second kappa shape index (κ2) is 16.6. The first-order chi connectivity index (χ1) is 23.6. The van der Waals surface area contributed by atoms with Crippen LogP contribution in [0, 0.1) is 0 Å². The van der Waals surface area contributed by atoms with E-state index in [9.17, 15) is 23.8 Å². The van der Waals surface area contributed by atoms with E-state index in [1.54, 1.807) is 28.1 Å². The average Bonchev–Trinajstić information content (AvgIpc) is 3.62. The summed E-state index contributed by atoms with van der Waals surface area (Å²) < 4.78 is 15.8. The van der Waals surface area contributed by atoms with E-state index in [4.69, 9.17) is 4.89 Å². The maximum atomic E-state index is 14.4. The molecule has 3 aromatic rings. The fraction of sp³-hybridized carbons (Fsp3) is 0.343. The molecule has 0 aromatic heterocycles. The van der Waals surface area contributed by atoms with E-state index in [1.807, 2.05) is 48.5 Å². The standard InChI is InChI=1S/C35H41N6O7P.Na/c1-2-18-39-25-33(42)40-31(21-26-14-16-29(17-15-26)48-49(45,46)47)34(43)38(23-28-12-6-7-13-30(28)37-19-8-9-20-37)24-32(40)41(39)35(44)36-22-27-10-4-3-5-11-27;/h2-7,10-17,31-32H,1,8-9,18-25H2,(H,36,44)(H2,45,46,47);/q;+1/p-1/t31-,32-;/m0./s1. The Labute approximate surface area is 314 Å². The smallest absolute Gasteiger partial charge is 0.746 e. The number of fused-ring (bicyclic) bond motifs is 1. The van der Waals surface area contributed by atoms with Gasteiger partial charge in [0.15, 0.2) is 0 Å². The predicted octanol–water partition coefficient (Wildman–Crippen LogP) is -0.133. The first-order valence-electron chi connectivity index (χ1n) is 16.3. The minimum Gasteiger partial charge on any atom is -0.746 e. The van der Waals surface area contributed by atoms with Gasteiger partial charge in [-0.3, -0.25) is 14.2 Å². The minimum absolute atomic E-state index is 0. The van der Waals surface area contributed by atoms with Crippen molar-refractivity contribution in [1.82, 2.24) is 25.1 Å². The number of amides is 4. The maximum Gasteiger partial charge on any atom is 1.00 e. The number of urea groups is 1. The van der Waals surface area contributed by atoms with Crippen molar-refractivity contribution in [3.05, 3.63) is 108 Å². The fourth-order valence-corrected chi connectivity index (χ4v) is 7.25. The van der Waals surface area contributed by atoms with E-state index in [1.165, 1.54) is 22.0 Å². The summed E-state index contributed by atoms with van der Waals surface area (Å²) >= 11 is 0. The molecule has 0 bridgehead atoms. The largest absolute Gasteiger partial charge is 1.00 e. The molecule has 6 rings (SSSR count). The normalized spacial score (nSPS) is 20.5. The van der Waals surface area contributed by atoms with Gasteiger partial charge in [-0.05, 0) is 47.7 Å². The van der Waals surface area contributed by atoms with Gasteiger partial charge in [0.05, 0.1) is 13.1 Å². The molecule has 3 fully saturated rings. The molecule has 2 N–H and O–H groups in total. The van der Waals surface area contributed by atoms with E-state index >= 15 is 0 Å². The van der Waals surface area contributed by atoms with Crippen LogP contribution in [0.1, 0.15) is 29.5 Å². The van der Waals surface area contributed by atoms with Gasteiger partial charge in [-0.2, -0.15) is 0 Å². The fourth-order valence-electron chi connectivity index (χ4n) is 6.86. The molecule has 4 amide bonds. The molecule has 3 aromatic carbocycles. The van der Waals surface area contributed by atoms with Gasteiger partial charge in [-0.25, -0.2) is 14.8 Å². The van der Waals surface area contributed by atoms with E-state index < -0.39 is 26.1 Å². The SMILES string of the molecule is C=CCN1CC(=O)N2[C@@H](Cc3ccc(OP(=O)([O-])O)cc3)C(=O)N(Cc3ccccc3N3CCCC3)C[C@@H]2N1C(=O)NCc1ccccc1.[Na+]. The molecule has 258 valence electrons. The first kappa shape index (κ1) is 37.6.